The first-order chi connectivity index (χ1) is 11.8. The number of benzene rings is 1. The average Bonchev–Trinajstić information content (AvgIpc) is 2.59. The second-order valence-electron chi connectivity index (χ2n) is 6.27. The van der Waals surface area contributed by atoms with E-state index in [0.29, 0.717) is 17.9 Å². The molecule has 2 aromatic rings. The van der Waals surface area contributed by atoms with Gasteiger partial charge in [0.05, 0.1) is 11.9 Å². The summed E-state index contributed by atoms with van der Waals surface area (Å²) in [5, 5.41) is 11.3. The molecule has 0 unspecified atom stereocenters. The Balaban J connectivity index is 2.07. The number of hydrogen-bond acceptors (Lipinski definition) is 5. The lowest BCUT2D eigenvalue weighted by Crippen LogP contribution is -2.19. The minimum absolute atomic E-state index is 0.213. The van der Waals surface area contributed by atoms with Crippen LogP contribution in [0.4, 0.5) is 5.82 Å². The van der Waals surface area contributed by atoms with Gasteiger partial charge < -0.3 is 10.1 Å². The maximum atomic E-state index is 12.0. The number of nitrogens with one attached hydrogen (secondary N) is 1. The lowest BCUT2D eigenvalue weighted by molar-refractivity contribution is 0.414. The third kappa shape index (κ3) is 5.79. The van der Waals surface area contributed by atoms with Crippen LogP contribution in [0.3, 0.4) is 0 Å². The molecule has 1 N–H and O–H groups in total. The summed E-state index contributed by atoms with van der Waals surface area (Å²) < 4.78 is 20.8. The van der Waals surface area contributed by atoms with Crippen molar-refractivity contribution in [3.8, 4) is 5.75 Å². The SMILES string of the molecule is COc1ccc(CNc2cc(C=N[S@](=O)C(C)(C)C)c(Cl)nn2)cc1. The van der Waals surface area contributed by atoms with Gasteiger partial charge in [0.25, 0.3) is 0 Å². The summed E-state index contributed by atoms with van der Waals surface area (Å²) >= 11 is 6.04. The molecule has 0 radical (unpaired) electrons. The lowest BCUT2D eigenvalue weighted by Gasteiger charge is -2.12. The summed E-state index contributed by atoms with van der Waals surface area (Å²) in [6.45, 7) is 6.14. The maximum absolute atomic E-state index is 12.0. The molecule has 6 nitrogen and oxygen atoms in total. The van der Waals surface area contributed by atoms with Crippen molar-refractivity contribution >= 4 is 34.6 Å². The van der Waals surface area contributed by atoms with E-state index in [1.165, 1.54) is 6.21 Å². The van der Waals surface area contributed by atoms with Gasteiger partial charge in [-0.3, -0.25) is 0 Å². The van der Waals surface area contributed by atoms with Crippen molar-refractivity contribution in [2.75, 3.05) is 12.4 Å². The van der Waals surface area contributed by atoms with Crippen molar-refractivity contribution in [2.45, 2.75) is 32.1 Å². The monoisotopic (exact) mass is 380 g/mol. The van der Waals surface area contributed by atoms with E-state index in [4.69, 9.17) is 16.3 Å². The van der Waals surface area contributed by atoms with Crippen LogP contribution in [-0.4, -0.2) is 32.5 Å². The molecular weight excluding hydrogens is 360 g/mol. The van der Waals surface area contributed by atoms with Crippen LogP contribution in [0, 0.1) is 0 Å². The molecule has 0 aliphatic heterocycles. The fourth-order valence-corrected chi connectivity index (χ4v) is 2.43. The van der Waals surface area contributed by atoms with Gasteiger partial charge in [0.15, 0.2) is 5.15 Å². The molecule has 1 aromatic heterocycles. The number of halogens is 1. The Hall–Kier alpha value is -1.99. The van der Waals surface area contributed by atoms with Crippen molar-refractivity contribution < 1.29 is 8.95 Å². The normalized spacial score (nSPS) is 13.0. The Bertz CT molecular complexity index is 773. The van der Waals surface area contributed by atoms with Crippen LogP contribution < -0.4 is 10.1 Å². The van der Waals surface area contributed by atoms with E-state index in [9.17, 15) is 4.21 Å². The van der Waals surface area contributed by atoms with Crippen molar-refractivity contribution in [3.63, 3.8) is 0 Å². The Morgan fingerprint density at radius 1 is 1.28 bits per heavy atom. The molecule has 0 fully saturated rings. The zero-order chi connectivity index (χ0) is 18.4. The molecule has 134 valence electrons. The summed E-state index contributed by atoms with van der Waals surface area (Å²) in [7, 11) is 0.272. The average molecular weight is 381 g/mol. The molecule has 0 saturated heterocycles. The van der Waals surface area contributed by atoms with Gasteiger partial charge in [-0.15, -0.1) is 10.2 Å². The highest BCUT2D eigenvalue weighted by molar-refractivity contribution is 7.85. The van der Waals surface area contributed by atoms with Crippen molar-refractivity contribution in [3.05, 3.63) is 46.6 Å². The van der Waals surface area contributed by atoms with Crippen LogP contribution >= 0.6 is 11.6 Å². The molecule has 2 rings (SSSR count). The second kappa shape index (κ2) is 8.40. The maximum Gasteiger partial charge on any atom is 0.160 e. The molecule has 0 amide bonds. The summed E-state index contributed by atoms with van der Waals surface area (Å²) in [5.74, 6) is 1.36. The Morgan fingerprint density at radius 3 is 2.56 bits per heavy atom. The predicted molar refractivity (Wildman–Crippen MR) is 103 cm³/mol. The van der Waals surface area contributed by atoms with Crippen LogP contribution in [0.1, 0.15) is 31.9 Å². The number of ether oxygens (including phenoxy) is 1. The van der Waals surface area contributed by atoms with Gasteiger partial charge in [-0.1, -0.05) is 23.7 Å². The smallest absolute Gasteiger partial charge is 0.160 e. The van der Waals surface area contributed by atoms with Gasteiger partial charge in [0.1, 0.15) is 22.6 Å². The molecule has 0 bridgehead atoms. The molecule has 0 aliphatic carbocycles. The standard InChI is InChI=1S/C17H21ClN4O2S/c1-17(2,3)25(23)20-11-13-9-15(21-22-16(13)18)19-10-12-5-7-14(24-4)8-6-12/h5-9,11H,10H2,1-4H3,(H,19,21)/t25-/m1/s1. The van der Waals surface area contributed by atoms with E-state index < -0.39 is 15.7 Å². The molecule has 0 saturated carbocycles. The van der Waals surface area contributed by atoms with Crippen LogP contribution in [0.25, 0.3) is 0 Å². The summed E-state index contributed by atoms with van der Waals surface area (Å²) in [4.78, 5) is 0. The Labute approximate surface area is 155 Å². The van der Waals surface area contributed by atoms with E-state index in [1.54, 1.807) is 13.2 Å². The van der Waals surface area contributed by atoms with E-state index >= 15 is 0 Å². The van der Waals surface area contributed by atoms with Crippen LogP contribution in [0.5, 0.6) is 5.75 Å². The Kier molecular flexibility index (Phi) is 6.50. The van der Waals surface area contributed by atoms with Gasteiger partial charge in [-0.25, -0.2) is 4.21 Å². The van der Waals surface area contributed by atoms with Gasteiger partial charge in [-0.2, -0.15) is 4.40 Å². The third-order valence-corrected chi connectivity index (χ3v) is 4.86. The Morgan fingerprint density at radius 2 is 1.96 bits per heavy atom. The van der Waals surface area contributed by atoms with Crippen LogP contribution in [-0.2, 0) is 17.5 Å². The largest absolute Gasteiger partial charge is 0.497 e. The molecule has 0 aliphatic rings. The first-order valence-electron chi connectivity index (χ1n) is 7.65. The van der Waals surface area contributed by atoms with Gasteiger partial charge in [0.2, 0.25) is 0 Å². The molecule has 1 heterocycles. The number of anilines is 1. The first-order valence-corrected chi connectivity index (χ1v) is 9.14. The number of hydrogen-bond donors (Lipinski definition) is 1. The predicted octanol–water partition coefficient (Wildman–Crippen LogP) is 3.63. The lowest BCUT2D eigenvalue weighted by atomic mass is 10.2. The van der Waals surface area contributed by atoms with Crippen LogP contribution in [0.15, 0.2) is 34.7 Å². The van der Waals surface area contributed by atoms with Crippen molar-refractivity contribution in [1.29, 1.82) is 0 Å². The van der Waals surface area contributed by atoms with Gasteiger partial charge >= 0.3 is 0 Å². The third-order valence-electron chi connectivity index (χ3n) is 3.22. The molecule has 8 heteroatoms. The minimum Gasteiger partial charge on any atom is -0.497 e. The molecule has 25 heavy (non-hydrogen) atoms. The quantitative estimate of drug-likeness (QED) is 0.774. The molecular formula is C17H21ClN4O2S. The summed E-state index contributed by atoms with van der Waals surface area (Å²) in [6, 6.07) is 9.44. The first kappa shape index (κ1) is 19.3. The van der Waals surface area contributed by atoms with E-state index in [0.717, 1.165) is 11.3 Å². The number of nitrogens with zero attached hydrogens (tertiary/aromatic N) is 3. The highest BCUT2D eigenvalue weighted by Gasteiger charge is 2.18. The van der Waals surface area contributed by atoms with Crippen molar-refractivity contribution in [2.24, 2.45) is 4.40 Å². The molecule has 1 aromatic carbocycles. The molecule has 1 atom stereocenters. The zero-order valence-electron chi connectivity index (χ0n) is 14.6. The van der Waals surface area contributed by atoms with E-state index in [-0.39, 0.29) is 5.15 Å². The number of aromatic nitrogens is 2. The number of rotatable bonds is 6. The minimum atomic E-state index is -1.36. The number of methoxy groups -OCH3 is 1. The fourth-order valence-electron chi connectivity index (χ4n) is 1.77. The van der Waals surface area contributed by atoms with Gasteiger partial charge in [0, 0.05) is 18.3 Å². The van der Waals surface area contributed by atoms with Gasteiger partial charge in [-0.05, 0) is 44.5 Å². The fraction of sp³-hybridized carbons (Fsp3) is 0.353. The summed E-state index contributed by atoms with van der Waals surface area (Å²) in [6.07, 6.45) is 1.47. The van der Waals surface area contributed by atoms with E-state index in [2.05, 4.69) is 19.9 Å². The summed E-state index contributed by atoms with van der Waals surface area (Å²) in [5.41, 5.74) is 1.63. The zero-order valence-corrected chi connectivity index (χ0v) is 16.2. The van der Waals surface area contributed by atoms with E-state index in [1.807, 2.05) is 45.0 Å². The highest BCUT2D eigenvalue weighted by Crippen LogP contribution is 2.17. The molecule has 0 spiro atoms. The highest BCUT2D eigenvalue weighted by atomic mass is 35.5. The van der Waals surface area contributed by atoms with Crippen LogP contribution in [0.2, 0.25) is 5.15 Å². The topological polar surface area (TPSA) is 76.5 Å². The van der Waals surface area contributed by atoms with Crippen molar-refractivity contribution in [1.82, 2.24) is 10.2 Å². The second-order valence-corrected chi connectivity index (χ2v) is 8.57.